The van der Waals surface area contributed by atoms with Gasteiger partial charge in [-0.15, -0.1) is 10.2 Å². The fourth-order valence-electron chi connectivity index (χ4n) is 3.74. The first-order chi connectivity index (χ1) is 14.2. The molecule has 0 aliphatic heterocycles. The Kier molecular flexibility index (Phi) is 4.21. The van der Waals surface area contributed by atoms with E-state index in [-0.39, 0.29) is 0 Å². The van der Waals surface area contributed by atoms with Crippen molar-refractivity contribution < 1.29 is 4.42 Å². The highest BCUT2D eigenvalue weighted by molar-refractivity contribution is 6.05. The number of rotatable bonds is 3. The molecule has 0 N–H and O–H groups in total. The van der Waals surface area contributed by atoms with Gasteiger partial charge in [0.2, 0.25) is 11.8 Å². The minimum absolute atomic E-state index is 0.550. The van der Waals surface area contributed by atoms with Gasteiger partial charge in [-0.2, -0.15) is 0 Å². The van der Waals surface area contributed by atoms with Crippen molar-refractivity contribution in [3.8, 4) is 33.7 Å². The summed E-state index contributed by atoms with van der Waals surface area (Å²) in [6.45, 7) is 3.91. The van der Waals surface area contributed by atoms with Gasteiger partial charge in [0, 0.05) is 12.5 Å². The fraction of sp³-hybridized carbons (Fsp3) is 0.0769. The summed E-state index contributed by atoms with van der Waals surface area (Å²) in [6.07, 6.45) is 0. The van der Waals surface area contributed by atoms with Crippen LogP contribution in [0.15, 0.2) is 89.3 Å². The van der Waals surface area contributed by atoms with Crippen molar-refractivity contribution in [2.45, 2.75) is 13.8 Å². The second-order valence-corrected chi connectivity index (χ2v) is 7.28. The van der Waals surface area contributed by atoms with E-state index in [2.05, 4.69) is 89.9 Å². The molecule has 0 atom stereocenters. The van der Waals surface area contributed by atoms with Crippen LogP contribution in [0.4, 0.5) is 0 Å². The first-order valence-corrected chi connectivity index (χ1v) is 9.69. The van der Waals surface area contributed by atoms with E-state index in [1.54, 1.807) is 6.92 Å². The summed E-state index contributed by atoms with van der Waals surface area (Å²) in [5.41, 5.74) is 7.06. The van der Waals surface area contributed by atoms with Gasteiger partial charge in [0.25, 0.3) is 0 Å². The van der Waals surface area contributed by atoms with Crippen molar-refractivity contribution in [1.82, 2.24) is 10.2 Å². The van der Waals surface area contributed by atoms with E-state index in [0.29, 0.717) is 11.8 Å². The van der Waals surface area contributed by atoms with E-state index in [1.165, 1.54) is 33.0 Å². The van der Waals surface area contributed by atoms with Crippen LogP contribution in [0, 0.1) is 13.8 Å². The van der Waals surface area contributed by atoms with Crippen LogP contribution in [0.3, 0.4) is 0 Å². The third kappa shape index (κ3) is 3.21. The lowest BCUT2D eigenvalue weighted by Gasteiger charge is -2.12. The zero-order valence-electron chi connectivity index (χ0n) is 16.4. The first kappa shape index (κ1) is 17.4. The summed E-state index contributed by atoms with van der Waals surface area (Å²) in [5, 5.41) is 10.5. The maximum Gasteiger partial charge on any atom is 0.247 e. The Morgan fingerprint density at radius 1 is 0.552 bits per heavy atom. The molecule has 0 amide bonds. The molecular weight excluding hydrogens is 356 g/mol. The summed E-state index contributed by atoms with van der Waals surface area (Å²) < 4.78 is 5.54. The molecule has 4 aromatic carbocycles. The topological polar surface area (TPSA) is 38.9 Å². The van der Waals surface area contributed by atoms with Gasteiger partial charge in [0.1, 0.15) is 0 Å². The van der Waals surface area contributed by atoms with Crippen LogP contribution in [0.5, 0.6) is 0 Å². The van der Waals surface area contributed by atoms with Crippen molar-refractivity contribution >= 4 is 10.8 Å². The van der Waals surface area contributed by atoms with Gasteiger partial charge < -0.3 is 4.42 Å². The molecule has 0 bridgehead atoms. The van der Waals surface area contributed by atoms with Gasteiger partial charge in [0.05, 0.1) is 0 Å². The number of benzene rings is 4. The number of hydrogen-bond acceptors (Lipinski definition) is 3. The Morgan fingerprint density at radius 3 is 1.59 bits per heavy atom. The molecule has 3 nitrogen and oxygen atoms in total. The van der Waals surface area contributed by atoms with Gasteiger partial charge in [-0.25, -0.2) is 0 Å². The molecule has 1 aromatic heterocycles. The fourth-order valence-corrected chi connectivity index (χ4v) is 3.74. The van der Waals surface area contributed by atoms with Crippen LogP contribution in [-0.4, -0.2) is 10.2 Å². The number of fused-ring (bicyclic) bond motifs is 1. The zero-order valence-corrected chi connectivity index (χ0v) is 16.4. The van der Waals surface area contributed by atoms with Crippen molar-refractivity contribution in [3.05, 3.63) is 96.4 Å². The molecule has 0 saturated carbocycles. The van der Waals surface area contributed by atoms with Crippen LogP contribution < -0.4 is 0 Å². The molecule has 0 saturated heterocycles. The lowest BCUT2D eigenvalue weighted by atomic mass is 9.91. The highest BCUT2D eigenvalue weighted by Crippen LogP contribution is 2.36. The average molecular weight is 376 g/mol. The van der Waals surface area contributed by atoms with Crippen molar-refractivity contribution in [2.24, 2.45) is 0 Å². The van der Waals surface area contributed by atoms with Crippen LogP contribution in [0.1, 0.15) is 11.5 Å². The highest BCUT2D eigenvalue weighted by Gasteiger charge is 2.11. The standard InChI is InChI=1S/C26H20N2O/c1-17-7-9-19(10-8-17)22-15-16-23(25-6-4-3-5-24(22)25)20-11-13-21(14-12-20)26-28-27-18(2)29-26/h3-16H,1-2H3. The van der Waals surface area contributed by atoms with Crippen molar-refractivity contribution in [2.75, 3.05) is 0 Å². The number of aromatic nitrogens is 2. The van der Waals surface area contributed by atoms with Gasteiger partial charge in [0.15, 0.2) is 0 Å². The second kappa shape index (κ2) is 7.02. The quantitative estimate of drug-likeness (QED) is 0.346. The minimum atomic E-state index is 0.550. The van der Waals surface area contributed by atoms with E-state index in [4.69, 9.17) is 4.42 Å². The molecule has 0 radical (unpaired) electrons. The third-order valence-electron chi connectivity index (χ3n) is 5.26. The van der Waals surface area contributed by atoms with Gasteiger partial charge in [-0.1, -0.05) is 78.4 Å². The molecule has 3 heteroatoms. The SMILES string of the molecule is Cc1ccc(-c2ccc(-c3ccc(-c4nnc(C)o4)cc3)c3ccccc23)cc1. The Balaban J connectivity index is 1.61. The Hall–Kier alpha value is -3.72. The van der Waals surface area contributed by atoms with Crippen molar-refractivity contribution in [3.63, 3.8) is 0 Å². The van der Waals surface area contributed by atoms with E-state index in [9.17, 15) is 0 Å². The van der Waals surface area contributed by atoms with Crippen LogP contribution in [-0.2, 0) is 0 Å². The number of nitrogens with zero attached hydrogens (tertiary/aromatic N) is 2. The lowest BCUT2D eigenvalue weighted by molar-refractivity contribution is 0.533. The predicted molar refractivity (Wildman–Crippen MR) is 118 cm³/mol. The van der Waals surface area contributed by atoms with Crippen molar-refractivity contribution in [1.29, 1.82) is 0 Å². The Morgan fingerprint density at radius 2 is 1.07 bits per heavy atom. The molecule has 0 fully saturated rings. The average Bonchev–Trinajstić information content (AvgIpc) is 3.20. The lowest BCUT2D eigenvalue weighted by Crippen LogP contribution is -1.87. The molecule has 0 spiro atoms. The third-order valence-corrected chi connectivity index (χ3v) is 5.26. The summed E-state index contributed by atoms with van der Waals surface area (Å²) in [7, 11) is 0. The van der Waals surface area contributed by atoms with E-state index >= 15 is 0 Å². The van der Waals surface area contributed by atoms with E-state index < -0.39 is 0 Å². The molecule has 5 aromatic rings. The summed E-state index contributed by atoms with van der Waals surface area (Å²) in [6, 6.07) is 30.0. The molecule has 0 aliphatic rings. The first-order valence-electron chi connectivity index (χ1n) is 9.69. The van der Waals surface area contributed by atoms with E-state index in [0.717, 1.165) is 11.1 Å². The zero-order chi connectivity index (χ0) is 19.8. The predicted octanol–water partition coefficient (Wildman–Crippen LogP) is 6.84. The van der Waals surface area contributed by atoms with E-state index in [1.807, 2.05) is 12.1 Å². The molecule has 29 heavy (non-hydrogen) atoms. The Bertz CT molecular complexity index is 1300. The van der Waals surface area contributed by atoms with Crippen LogP contribution in [0.25, 0.3) is 44.5 Å². The minimum Gasteiger partial charge on any atom is -0.421 e. The summed E-state index contributed by atoms with van der Waals surface area (Å²) in [4.78, 5) is 0. The maximum atomic E-state index is 5.54. The van der Waals surface area contributed by atoms with Gasteiger partial charge in [-0.3, -0.25) is 0 Å². The van der Waals surface area contributed by atoms with Gasteiger partial charge in [-0.05, 0) is 52.1 Å². The normalized spacial score (nSPS) is 11.1. The molecule has 0 unspecified atom stereocenters. The number of aryl methyl sites for hydroxylation is 2. The monoisotopic (exact) mass is 376 g/mol. The molecule has 1 heterocycles. The molecule has 0 aliphatic carbocycles. The largest absolute Gasteiger partial charge is 0.421 e. The number of hydrogen-bond donors (Lipinski definition) is 0. The summed E-state index contributed by atoms with van der Waals surface area (Å²) >= 11 is 0. The highest BCUT2D eigenvalue weighted by atomic mass is 16.4. The molecule has 5 rings (SSSR count). The maximum absolute atomic E-state index is 5.54. The smallest absolute Gasteiger partial charge is 0.247 e. The molecular formula is C26H20N2O. The van der Waals surface area contributed by atoms with Crippen LogP contribution in [0.2, 0.25) is 0 Å². The van der Waals surface area contributed by atoms with Crippen LogP contribution >= 0.6 is 0 Å². The Labute approximate surface area is 169 Å². The van der Waals surface area contributed by atoms with Gasteiger partial charge >= 0.3 is 0 Å². The second-order valence-electron chi connectivity index (χ2n) is 7.28. The molecule has 140 valence electrons. The summed E-state index contributed by atoms with van der Waals surface area (Å²) in [5.74, 6) is 1.12.